The van der Waals surface area contributed by atoms with Crippen molar-refractivity contribution < 1.29 is 17.9 Å². The zero-order chi connectivity index (χ0) is 13.9. The zero-order valence-electron chi connectivity index (χ0n) is 10.2. The number of aldehydes is 1. The second-order valence-corrected chi connectivity index (χ2v) is 6.02. The molecule has 0 saturated heterocycles. The molecule has 0 heterocycles. The van der Waals surface area contributed by atoms with Crippen LogP contribution in [0.1, 0.15) is 10.4 Å². The minimum atomic E-state index is -3.28. The number of carbonyl (C=O) groups is 1. The Kier molecular flexibility index (Phi) is 3.66. The molecule has 98 valence electrons. The van der Waals surface area contributed by atoms with Crippen LogP contribution in [0.25, 0.3) is 0 Å². The molecule has 0 fully saturated rings. The highest BCUT2D eigenvalue weighted by molar-refractivity contribution is 7.90. The molecule has 0 saturated carbocycles. The molecular weight excluding hydrogens is 264 g/mol. The number of para-hydroxylation sites is 1. The first kappa shape index (κ1) is 13.3. The van der Waals surface area contributed by atoms with Gasteiger partial charge in [0, 0.05) is 6.26 Å². The molecule has 19 heavy (non-hydrogen) atoms. The van der Waals surface area contributed by atoms with Crippen molar-refractivity contribution in [2.24, 2.45) is 0 Å². The second kappa shape index (κ2) is 5.24. The molecule has 0 atom stereocenters. The molecule has 0 amide bonds. The Bertz CT molecular complexity index is 705. The molecule has 0 N–H and O–H groups in total. The number of benzene rings is 2. The standard InChI is InChI=1S/C14H12O4S/c1-19(16,17)13-7-4-6-12(9-13)18-14-8-3-2-5-11(14)10-15/h2-10H,1H3. The number of hydrogen-bond acceptors (Lipinski definition) is 4. The quantitative estimate of drug-likeness (QED) is 0.805. The highest BCUT2D eigenvalue weighted by atomic mass is 32.2. The van der Waals surface area contributed by atoms with Gasteiger partial charge in [0.15, 0.2) is 16.1 Å². The molecule has 0 unspecified atom stereocenters. The number of hydrogen-bond donors (Lipinski definition) is 0. The topological polar surface area (TPSA) is 60.4 Å². The third-order valence-electron chi connectivity index (χ3n) is 2.51. The molecule has 0 bridgehead atoms. The summed E-state index contributed by atoms with van der Waals surface area (Å²) in [5.41, 5.74) is 0.409. The third kappa shape index (κ3) is 3.20. The lowest BCUT2D eigenvalue weighted by atomic mass is 10.2. The summed E-state index contributed by atoms with van der Waals surface area (Å²) < 4.78 is 28.4. The Morgan fingerprint density at radius 2 is 1.79 bits per heavy atom. The zero-order valence-corrected chi connectivity index (χ0v) is 11.1. The van der Waals surface area contributed by atoms with Crippen LogP contribution in [-0.2, 0) is 9.84 Å². The Balaban J connectivity index is 2.37. The molecule has 4 nitrogen and oxygen atoms in total. The first-order valence-electron chi connectivity index (χ1n) is 5.53. The lowest BCUT2D eigenvalue weighted by Crippen LogP contribution is -1.97. The van der Waals surface area contributed by atoms with Gasteiger partial charge in [-0.1, -0.05) is 18.2 Å². The minimum absolute atomic E-state index is 0.175. The summed E-state index contributed by atoms with van der Waals surface area (Å²) in [5, 5.41) is 0. The van der Waals surface area contributed by atoms with E-state index < -0.39 is 9.84 Å². The van der Waals surface area contributed by atoms with Crippen LogP contribution in [0.5, 0.6) is 11.5 Å². The van der Waals surface area contributed by atoms with Crippen LogP contribution >= 0.6 is 0 Å². The average molecular weight is 276 g/mol. The summed E-state index contributed by atoms with van der Waals surface area (Å²) in [6, 6.07) is 12.9. The first-order valence-corrected chi connectivity index (χ1v) is 7.42. The van der Waals surface area contributed by atoms with Gasteiger partial charge in [0.05, 0.1) is 10.5 Å². The third-order valence-corrected chi connectivity index (χ3v) is 3.62. The Hall–Kier alpha value is -2.14. The summed E-state index contributed by atoms with van der Waals surface area (Å²) in [4.78, 5) is 11.0. The SMILES string of the molecule is CS(=O)(=O)c1cccc(Oc2ccccc2C=O)c1. The Labute approximate surface area is 111 Å². The number of ether oxygens (including phenoxy) is 1. The van der Waals surface area contributed by atoms with Crippen LogP contribution in [0.3, 0.4) is 0 Å². The predicted molar refractivity (Wildman–Crippen MR) is 71.5 cm³/mol. The van der Waals surface area contributed by atoms with Gasteiger partial charge in [-0.3, -0.25) is 4.79 Å². The van der Waals surface area contributed by atoms with E-state index in [-0.39, 0.29) is 4.90 Å². The van der Waals surface area contributed by atoms with Gasteiger partial charge in [-0.05, 0) is 30.3 Å². The van der Waals surface area contributed by atoms with Crippen LogP contribution < -0.4 is 4.74 Å². The van der Waals surface area contributed by atoms with Gasteiger partial charge in [0.25, 0.3) is 0 Å². The van der Waals surface area contributed by atoms with Crippen LogP contribution in [-0.4, -0.2) is 21.0 Å². The fourth-order valence-corrected chi connectivity index (χ4v) is 2.22. The molecule has 2 aromatic carbocycles. The normalized spacial score (nSPS) is 11.0. The van der Waals surface area contributed by atoms with Gasteiger partial charge in [-0.25, -0.2) is 8.42 Å². The van der Waals surface area contributed by atoms with E-state index in [1.807, 2.05) is 0 Å². The molecule has 0 spiro atoms. The highest BCUT2D eigenvalue weighted by Gasteiger charge is 2.09. The van der Waals surface area contributed by atoms with E-state index in [0.717, 1.165) is 6.26 Å². The molecule has 0 radical (unpaired) electrons. The lowest BCUT2D eigenvalue weighted by Gasteiger charge is -2.08. The van der Waals surface area contributed by atoms with Crippen molar-refractivity contribution in [1.82, 2.24) is 0 Å². The summed E-state index contributed by atoms with van der Waals surface area (Å²) in [6.07, 6.45) is 1.82. The molecule has 2 rings (SSSR count). The van der Waals surface area contributed by atoms with Gasteiger partial charge in [-0.15, -0.1) is 0 Å². The summed E-state index contributed by atoms with van der Waals surface area (Å²) in [5.74, 6) is 0.764. The molecule has 0 aliphatic carbocycles. The van der Waals surface area contributed by atoms with E-state index in [2.05, 4.69) is 0 Å². The van der Waals surface area contributed by atoms with E-state index in [9.17, 15) is 13.2 Å². The summed E-state index contributed by atoms with van der Waals surface area (Å²) in [6.45, 7) is 0. The van der Waals surface area contributed by atoms with Gasteiger partial charge < -0.3 is 4.74 Å². The second-order valence-electron chi connectivity index (χ2n) is 4.00. The lowest BCUT2D eigenvalue weighted by molar-refractivity contribution is 0.112. The predicted octanol–water partition coefficient (Wildman–Crippen LogP) is 2.69. The van der Waals surface area contributed by atoms with Crippen LogP contribution in [0.15, 0.2) is 53.4 Å². The molecule has 0 aromatic heterocycles. The van der Waals surface area contributed by atoms with E-state index in [4.69, 9.17) is 4.74 Å². The largest absolute Gasteiger partial charge is 0.457 e. The van der Waals surface area contributed by atoms with Crippen LogP contribution in [0, 0.1) is 0 Å². The van der Waals surface area contributed by atoms with E-state index in [1.165, 1.54) is 12.1 Å². The fourth-order valence-electron chi connectivity index (χ4n) is 1.57. The molecule has 0 aliphatic heterocycles. The van der Waals surface area contributed by atoms with Crippen molar-refractivity contribution in [3.63, 3.8) is 0 Å². The first-order chi connectivity index (χ1) is 9.00. The fraction of sp³-hybridized carbons (Fsp3) is 0.0714. The van der Waals surface area contributed by atoms with Crippen molar-refractivity contribution in [3.05, 3.63) is 54.1 Å². The van der Waals surface area contributed by atoms with Crippen molar-refractivity contribution in [1.29, 1.82) is 0 Å². The van der Waals surface area contributed by atoms with E-state index in [1.54, 1.807) is 36.4 Å². The van der Waals surface area contributed by atoms with Gasteiger partial charge in [0.1, 0.15) is 11.5 Å². The van der Waals surface area contributed by atoms with Crippen molar-refractivity contribution in [3.8, 4) is 11.5 Å². The minimum Gasteiger partial charge on any atom is -0.457 e. The van der Waals surface area contributed by atoms with Crippen LogP contribution in [0.2, 0.25) is 0 Å². The molecule has 5 heteroatoms. The number of carbonyl (C=O) groups excluding carboxylic acids is 1. The highest BCUT2D eigenvalue weighted by Crippen LogP contribution is 2.26. The number of sulfone groups is 1. The van der Waals surface area contributed by atoms with Crippen molar-refractivity contribution >= 4 is 16.1 Å². The maximum absolute atomic E-state index is 11.4. The van der Waals surface area contributed by atoms with Gasteiger partial charge in [-0.2, -0.15) is 0 Å². The molecular formula is C14H12O4S. The van der Waals surface area contributed by atoms with Gasteiger partial charge in [0.2, 0.25) is 0 Å². The monoisotopic (exact) mass is 276 g/mol. The Morgan fingerprint density at radius 1 is 1.05 bits per heavy atom. The van der Waals surface area contributed by atoms with Crippen molar-refractivity contribution in [2.75, 3.05) is 6.26 Å². The Morgan fingerprint density at radius 3 is 2.47 bits per heavy atom. The van der Waals surface area contributed by atoms with E-state index >= 15 is 0 Å². The van der Waals surface area contributed by atoms with E-state index in [0.29, 0.717) is 23.3 Å². The average Bonchev–Trinajstić information content (AvgIpc) is 2.39. The van der Waals surface area contributed by atoms with Crippen LogP contribution in [0.4, 0.5) is 0 Å². The number of rotatable bonds is 4. The van der Waals surface area contributed by atoms with Gasteiger partial charge >= 0.3 is 0 Å². The van der Waals surface area contributed by atoms with Crippen molar-refractivity contribution in [2.45, 2.75) is 4.90 Å². The maximum atomic E-state index is 11.4. The summed E-state index contributed by atoms with van der Waals surface area (Å²) in [7, 11) is -3.28. The maximum Gasteiger partial charge on any atom is 0.175 e. The molecule has 2 aromatic rings. The molecule has 0 aliphatic rings. The smallest absolute Gasteiger partial charge is 0.175 e. The summed E-state index contributed by atoms with van der Waals surface area (Å²) >= 11 is 0.